The number of nitrogens with one attached hydrogen (secondary N) is 1. The largest absolute Gasteiger partial charge is 0.480 e. The number of hydrogen-bond donors (Lipinski definition) is 3. The van der Waals surface area contributed by atoms with E-state index in [2.05, 4.69) is 5.32 Å². The molecular formula is C11H22N2O3. The van der Waals surface area contributed by atoms with Gasteiger partial charge in [-0.15, -0.1) is 0 Å². The molecule has 0 fully saturated rings. The van der Waals surface area contributed by atoms with Crippen LogP contribution in [0, 0.1) is 0 Å². The van der Waals surface area contributed by atoms with E-state index in [1.807, 2.05) is 13.8 Å². The van der Waals surface area contributed by atoms with Crippen molar-refractivity contribution in [3.63, 3.8) is 0 Å². The zero-order valence-corrected chi connectivity index (χ0v) is 10.0. The highest BCUT2D eigenvalue weighted by molar-refractivity contribution is 5.86. The average molecular weight is 230 g/mol. The van der Waals surface area contributed by atoms with Gasteiger partial charge in [-0.1, -0.05) is 33.1 Å². The molecule has 0 aromatic carbocycles. The molecule has 4 N–H and O–H groups in total. The van der Waals surface area contributed by atoms with E-state index < -0.39 is 18.1 Å². The van der Waals surface area contributed by atoms with Crippen LogP contribution in [0.4, 0.5) is 0 Å². The lowest BCUT2D eigenvalue weighted by molar-refractivity contribution is -0.142. The molecule has 5 heteroatoms. The summed E-state index contributed by atoms with van der Waals surface area (Å²) in [6.07, 6.45) is 3.52. The number of carbonyl (C=O) groups excluding carboxylic acids is 1. The predicted octanol–water partition coefficient (Wildman–Crippen LogP) is 0.873. The lowest BCUT2D eigenvalue weighted by atomic mass is 10.1. The van der Waals surface area contributed by atoms with Crippen LogP contribution < -0.4 is 11.1 Å². The van der Waals surface area contributed by atoms with Gasteiger partial charge in [-0.25, -0.2) is 4.79 Å². The first-order valence-corrected chi connectivity index (χ1v) is 5.81. The maximum atomic E-state index is 11.5. The second kappa shape index (κ2) is 8.10. The maximum absolute atomic E-state index is 11.5. The van der Waals surface area contributed by atoms with E-state index in [1.165, 1.54) is 0 Å². The minimum absolute atomic E-state index is 0.370. The Bertz CT molecular complexity index is 231. The molecule has 0 bridgehead atoms. The minimum atomic E-state index is -0.995. The van der Waals surface area contributed by atoms with Gasteiger partial charge in [-0.05, 0) is 12.8 Å². The van der Waals surface area contributed by atoms with Crippen molar-refractivity contribution in [3.8, 4) is 0 Å². The molecule has 0 aliphatic rings. The Labute approximate surface area is 96.4 Å². The van der Waals surface area contributed by atoms with E-state index in [-0.39, 0.29) is 5.91 Å². The summed E-state index contributed by atoms with van der Waals surface area (Å²) in [6, 6.07) is -1.41. The van der Waals surface area contributed by atoms with Crippen molar-refractivity contribution in [1.82, 2.24) is 5.32 Å². The first-order chi connectivity index (χ1) is 7.52. The fourth-order valence-electron chi connectivity index (χ4n) is 1.39. The van der Waals surface area contributed by atoms with Crippen molar-refractivity contribution < 1.29 is 14.7 Å². The van der Waals surface area contributed by atoms with Crippen LogP contribution >= 0.6 is 0 Å². The predicted molar refractivity (Wildman–Crippen MR) is 62.0 cm³/mol. The number of unbranched alkanes of at least 4 members (excludes halogenated alkanes) is 1. The van der Waals surface area contributed by atoms with Crippen LogP contribution in [0.3, 0.4) is 0 Å². The maximum Gasteiger partial charge on any atom is 0.326 e. The van der Waals surface area contributed by atoms with E-state index in [1.54, 1.807) is 0 Å². The molecule has 0 saturated carbocycles. The Balaban J connectivity index is 4.17. The highest BCUT2D eigenvalue weighted by atomic mass is 16.4. The summed E-state index contributed by atoms with van der Waals surface area (Å²) >= 11 is 0. The summed E-state index contributed by atoms with van der Waals surface area (Å²) in [7, 11) is 0. The third-order valence-electron chi connectivity index (χ3n) is 2.40. The average Bonchev–Trinajstić information content (AvgIpc) is 2.23. The summed E-state index contributed by atoms with van der Waals surface area (Å²) in [5.74, 6) is -1.36. The van der Waals surface area contributed by atoms with Gasteiger partial charge in [-0.2, -0.15) is 0 Å². The Morgan fingerprint density at radius 2 is 1.88 bits per heavy atom. The molecule has 1 amide bonds. The number of amides is 1. The van der Waals surface area contributed by atoms with Crippen molar-refractivity contribution >= 4 is 11.9 Å². The zero-order valence-electron chi connectivity index (χ0n) is 10.0. The van der Waals surface area contributed by atoms with Crippen molar-refractivity contribution in [2.75, 3.05) is 0 Å². The molecule has 0 rings (SSSR count). The Hall–Kier alpha value is -1.10. The molecule has 0 radical (unpaired) electrons. The van der Waals surface area contributed by atoms with Gasteiger partial charge in [0.2, 0.25) is 5.91 Å². The van der Waals surface area contributed by atoms with E-state index >= 15 is 0 Å². The first kappa shape index (κ1) is 14.9. The molecule has 94 valence electrons. The normalized spacial score (nSPS) is 14.2. The molecule has 0 heterocycles. The lowest BCUT2D eigenvalue weighted by Crippen LogP contribution is -2.48. The van der Waals surface area contributed by atoms with Gasteiger partial charge >= 0.3 is 5.97 Å². The highest BCUT2D eigenvalue weighted by Gasteiger charge is 2.21. The number of aliphatic carboxylic acids is 1. The molecular weight excluding hydrogens is 208 g/mol. The molecule has 0 aromatic rings. The second-order valence-electron chi connectivity index (χ2n) is 3.94. The van der Waals surface area contributed by atoms with Gasteiger partial charge in [0.05, 0.1) is 6.04 Å². The smallest absolute Gasteiger partial charge is 0.326 e. The number of hydrogen-bond acceptors (Lipinski definition) is 3. The quantitative estimate of drug-likeness (QED) is 0.577. The third-order valence-corrected chi connectivity index (χ3v) is 2.40. The van der Waals surface area contributed by atoms with Crippen LogP contribution in [0.2, 0.25) is 0 Å². The van der Waals surface area contributed by atoms with Crippen LogP contribution in [0.15, 0.2) is 0 Å². The summed E-state index contributed by atoms with van der Waals surface area (Å²) in [5.41, 5.74) is 5.60. The number of carboxylic acid groups (broad SMARTS) is 1. The van der Waals surface area contributed by atoms with Crippen LogP contribution in [0.5, 0.6) is 0 Å². The van der Waals surface area contributed by atoms with Crippen molar-refractivity contribution in [2.45, 2.75) is 58.0 Å². The molecule has 0 aliphatic carbocycles. The van der Waals surface area contributed by atoms with Crippen LogP contribution in [0.25, 0.3) is 0 Å². The Kier molecular flexibility index (Phi) is 7.54. The molecule has 0 spiro atoms. The zero-order chi connectivity index (χ0) is 12.6. The number of rotatable bonds is 8. The first-order valence-electron chi connectivity index (χ1n) is 5.81. The number of carboxylic acids is 1. The van der Waals surface area contributed by atoms with Gasteiger partial charge in [0, 0.05) is 0 Å². The topological polar surface area (TPSA) is 92.4 Å². The van der Waals surface area contributed by atoms with Crippen LogP contribution in [-0.4, -0.2) is 29.1 Å². The molecule has 16 heavy (non-hydrogen) atoms. The number of nitrogens with two attached hydrogens (primary N) is 1. The number of carbonyl (C=O) groups is 2. The van der Waals surface area contributed by atoms with Gasteiger partial charge in [0.1, 0.15) is 6.04 Å². The molecule has 2 atom stereocenters. The molecule has 0 saturated heterocycles. The highest BCUT2D eigenvalue weighted by Crippen LogP contribution is 2.02. The summed E-state index contributed by atoms with van der Waals surface area (Å²) < 4.78 is 0. The molecule has 2 unspecified atom stereocenters. The van der Waals surface area contributed by atoms with Crippen LogP contribution in [0.1, 0.15) is 46.0 Å². The summed E-state index contributed by atoms with van der Waals surface area (Å²) in [5, 5.41) is 11.4. The van der Waals surface area contributed by atoms with Crippen LogP contribution in [-0.2, 0) is 9.59 Å². The van der Waals surface area contributed by atoms with Crippen molar-refractivity contribution in [1.29, 1.82) is 0 Å². The Morgan fingerprint density at radius 3 is 2.31 bits per heavy atom. The fraction of sp³-hybridized carbons (Fsp3) is 0.818. The summed E-state index contributed by atoms with van der Waals surface area (Å²) in [6.45, 7) is 3.91. The van der Waals surface area contributed by atoms with Gasteiger partial charge in [0.15, 0.2) is 0 Å². The SMILES string of the molecule is CCCCC(NC(=O)C(N)CCC)C(=O)O. The summed E-state index contributed by atoms with van der Waals surface area (Å²) in [4.78, 5) is 22.4. The minimum Gasteiger partial charge on any atom is -0.480 e. The Morgan fingerprint density at radius 1 is 1.25 bits per heavy atom. The standard InChI is InChI=1S/C11H22N2O3/c1-3-5-7-9(11(15)16)13-10(14)8(12)6-4-2/h8-9H,3-7,12H2,1-2H3,(H,13,14)(H,15,16). The van der Waals surface area contributed by atoms with E-state index in [0.29, 0.717) is 12.8 Å². The second-order valence-corrected chi connectivity index (χ2v) is 3.94. The molecule has 0 aromatic heterocycles. The van der Waals surface area contributed by atoms with E-state index in [4.69, 9.17) is 10.8 Å². The monoisotopic (exact) mass is 230 g/mol. The van der Waals surface area contributed by atoms with Crippen molar-refractivity contribution in [3.05, 3.63) is 0 Å². The molecule has 0 aliphatic heterocycles. The lowest BCUT2D eigenvalue weighted by Gasteiger charge is -2.17. The third kappa shape index (κ3) is 5.70. The molecule has 5 nitrogen and oxygen atoms in total. The fourth-order valence-corrected chi connectivity index (χ4v) is 1.39. The van der Waals surface area contributed by atoms with Crippen molar-refractivity contribution in [2.24, 2.45) is 5.73 Å². The van der Waals surface area contributed by atoms with Gasteiger partial charge < -0.3 is 16.2 Å². The van der Waals surface area contributed by atoms with Gasteiger partial charge in [-0.3, -0.25) is 4.79 Å². The van der Waals surface area contributed by atoms with E-state index in [9.17, 15) is 9.59 Å². The van der Waals surface area contributed by atoms with Gasteiger partial charge in [0.25, 0.3) is 0 Å². The van der Waals surface area contributed by atoms with E-state index in [0.717, 1.165) is 19.3 Å².